The van der Waals surface area contributed by atoms with Gasteiger partial charge in [0.1, 0.15) is 24.3 Å². The molecule has 4 unspecified atom stereocenters. The van der Waals surface area contributed by atoms with E-state index in [1.165, 1.54) is 19.3 Å². The van der Waals surface area contributed by atoms with Crippen LogP contribution in [0.25, 0.3) is 0 Å². The molecule has 0 aromatic heterocycles. The molecule has 9 N–H and O–H groups in total. The van der Waals surface area contributed by atoms with Crippen molar-refractivity contribution in [2.75, 3.05) is 32.8 Å². The van der Waals surface area contributed by atoms with Crippen molar-refractivity contribution >= 4 is 29.8 Å². The van der Waals surface area contributed by atoms with Gasteiger partial charge in [-0.3, -0.25) is 14.8 Å². The fourth-order valence-corrected chi connectivity index (χ4v) is 6.71. The third-order valence-corrected chi connectivity index (χ3v) is 9.36. The Morgan fingerprint density at radius 2 is 1.43 bits per heavy atom. The lowest BCUT2D eigenvalue weighted by Crippen LogP contribution is -2.76. The average molecular weight is 666 g/mol. The number of nitrogens with one attached hydrogen (secondary N) is 3. The Balaban J connectivity index is 1.17. The first-order chi connectivity index (χ1) is 22.4. The third-order valence-electron chi connectivity index (χ3n) is 9.36. The zero-order valence-electron chi connectivity index (χ0n) is 28.6. The Morgan fingerprint density at radius 3 is 2.00 bits per heavy atom. The van der Waals surface area contributed by atoms with Crippen molar-refractivity contribution in [2.45, 2.75) is 134 Å². The minimum absolute atomic E-state index is 0.00753. The van der Waals surface area contributed by atoms with Gasteiger partial charge in [-0.2, -0.15) is 5.06 Å². The molecular weight excluding hydrogens is 606 g/mol. The molecule has 15 heteroatoms. The monoisotopic (exact) mass is 665 g/mol. The Morgan fingerprint density at radius 1 is 0.872 bits per heavy atom. The van der Waals surface area contributed by atoms with E-state index in [9.17, 15) is 24.7 Å². The molecular formula is C32H59N9O6. The van der Waals surface area contributed by atoms with E-state index in [-0.39, 0.29) is 30.3 Å². The van der Waals surface area contributed by atoms with Crippen LogP contribution >= 0.6 is 0 Å². The molecule has 0 aliphatic carbocycles. The smallest absolute Gasteiger partial charge is 0.407 e. The second kappa shape index (κ2) is 18.3. The van der Waals surface area contributed by atoms with Crippen molar-refractivity contribution in [1.82, 2.24) is 25.9 Å². The first kappa shape index (κ1) is 38.1. The van der Waals surface area contributed by atoms with Crippen LogP contribution in [0.5, 0.6) is 0 Å². The van der Waals surface area contributed by atoms with Crippen LogP contribution in [0.15, 0.2) is 9.98 Å². The number of amides is 3. The lowest BCUT2D eigenvalue weighted by Gasteiger charge is -2.51. The summed E-state index contributed by atoms with van der Waals surface area (Å²) in [6, 6.07) is -1.53. The van der Waals surface area contributed by atoms with Crippen molar-refractivity contribution in [1.29, 1.82) is 0 Å². The number of rotatable bonds is 21. The van der Waals surface area contributed by atoms with Gasteiger partial charge in [0.05, 0.1) is 0 Å². The topological polar surface area (TPSA) is 220 Å². The molecule has 1 saturated heterocycles. The molecule has 0 aromatic carbocycles. The maximum Gasteiger partial charge on any atom is 0.407 e. The largest absolute Gasteiger partial charge is 0.447 e. The van der Waals surface area contributed by atoms with Crippen LogP contribution in [0.3, 0.4) is 0 Å². The number of alkyl carbamates (subject to hydrolysis) is 1. The van der Waals surface area contributed by atoms with Crippen molar-refractivity contribution in [3.63, 3.8) is 0 Å². The number of unbranched alkanes of at least 4 members (excludes halogenated alkanes) is 7. The summed E-state index contributed by atoms with van der Waals surface area (Å²) < 4.78 is 5.39. The first-order valence-electron chi connectivity index (χ1n) is 17.5. The maximum absolute atomic E-state index is 12.3. The van der Waals surface area contributed by atoms with Crippen molar-refractivity contribution < 1.29 is 29.4 Å². The van der Waals surface area contributed by atoms with E-state index in [1.807, 2.05) is 0 Å². The van der Waals surface area contributed by atoms with E-state index in [0.29, 0.717) is 51.7 Å². The Kier molecular flexibility index (Phi) is 14.8. The molecule has 0 saturated carbocycles. The molecule has 3 aliphatic heterocycles. The lowest BCUT2D eigenvalue weighted by atomic mass is 9.80. The number of hydrogen-bond acceptors (Lipinski definition) is 12. The summed E-state index contributed by atoms with van der Waals surface area (Å²) in [4.78, 5) is 46.7. The number of carbonyl (C=O) groups excluding carboxylic acids is 3. The summed E-state index contributed by atoms with van der Waals surface area (Å²) in [6.07, 6.45) is 11.3. The van der Waals surface area contributed by atoms with Gasteiger partial charge in [0.15, 0.2) is 11.6 Å². The molecule has 1 spiro atoms. The van der Waals surface area contributed by atoms with Crippen LogP contribution in [0.1, 0.15) is 111 Å². The van der Waals surface area contributed by atoms with Crippen LogP contribution < -0.4 is 27.4 Å². The van der Waals surface area contributed by atoms with E-state index >= 15 is 0 Å². The Hall–Kier alpha value is -3.33. The second-order valence-electron chi connectivity index (χ2n) is 13.6. The normalized spacial score (nSPS) is 24.8. The van der Waals surface area contributed by atoms with Gasteiger partial charge in [0, 0.05) is 39.0 Å². The van der Waals surface area contributed by atoms with Gasteiger partial charge in [0.25, 0.3) is 0 Å². The summed E-state index contributed by atoms with van der Waals surface area (Å²) in [5.41, 5.74) is 9.28. The van der Waals surface area contributed by atoms with Crippen LogP contribution in [0.2, 0.25) is 0 Å². The van der Waals surface area contributed by atoms with E-state index < -0.39 is 29.4 Å². The van der Waals surface area contributed by atoms with Crippen LogP contribution in [-0.4, -0.2) is 106 Å². The SMILES string of the molecule is CC(C)CCCCCCNC(=O)CCCCC(=O)NCCCCCCNC(=O)OCC1N=C(N)N2CCC(C)(O)C23C1N=C(N)N3O. The highest BCUT2D eigenvalue weighted by atomic mass is 16.5. The maximum atomic E-state index is 12.3. The van der Waals surface area contributed by atoms with E-state index in [0.717, 1.165) is 56.1 Å². The van der Waals surface area contributed by atoms with Gasteiger partial charge in [-0.05, 0) is 51.4 Å². The number of hydroxylamine groups is 2. The average Bonchev–Trinajstić information content (AvgIpc) is 3.46. The number of aliphatic hydroxyl groups is 1. The fraction of sp³-hybridized carbons (Fsp3) is 0.844. The van der Waals surface area contributed by atoms with Crippen molar-refractivity contribution in [2.24, 2.45) is 27.4 Å². The highest BCUT2D eigenvalue weighted by Gasteiger charge is 2.71. The zero-order valence-corrected chi connectivity index (χ0v) is 28.6. The number of hydrogen-bond donors (Lipinski definition) is 7. The highest BCUT2D eigenvalue weighted by molar-refractivity contribution is 5.86. The predicted molar refractivity (Wildman–Crippen MR) is 179 cm³/mol. The standard InChI is InChI=1S/C32H59N9O6/c1-23(2)14-8-4-5-11-18-35-25(42)15-9-10-16-26(43)36-19-12-6-7-13-20-37-30(44)47-22-24-27-32(41(46)29(34)39-27)31(3,45)17-21-40(32)28(33)38-24/h23-24,27,45-46H,4-22H2,1-3H3,(H2,33,38)(H2,34,39)(H,35,42)(H,36,43)(H,37,44). The number of ether oxygens (including phenoxy) is 1. The Bertz CT molecular complexity index is 1100. The molecule has 3 amide bonds. The summed E-state index contributed by atoms with van der Waals surface area (Å²) >= 11 is 0. The third kappa shape index (κ3) is 10.3. The number of carbonyl (C=O) groups is 3. The molecule has 3 aliphatic rings. The summed E-state index contributed by atoms with van der Waals surface area (Å²) in [5.74, 6) is 0.779. The number of nitrogens with zero attached hydrogens (tertiary/aromatic N) is 4. The van der Waals surface area contributed by atoms with Crippen LogP contribution in [-0.2, 0) is 14.3 Å². The molecule has 1 fully saturated rings. The molecule has 3 rings (SSSR count). The molecule has 4 atom stereocenters. The van der Waals surface area contributed by atoms with Crippen LogP contribution in [0, 0.1) is 5.92 Å². The number of nitrogens with two attached hydrogens (primary N) is 2. The van der Waals surface area contributed by atoms with E-state index in [2.05, 4.69) is 39.8 Å². The molecule has 0 radical (unpaired) electrons. The van der Waals surface area contributed by atoms with Crippen molar-refractivity contribution in [3.8, 4) is 0 Å². The molecule has 268 valence electrons. The van der Waals surface area contributed by atoms with Gasteiger partial charge in [-0.15, -0.1) is 0 Å². The molecule has 47 heavy (non-hydrogen) atoms. The highest BCUT2D eigenvalue weighted by Crippen LogP contribution is 2.49. The summed E-state index contributed by atoms with van der Waals surface area (Å²) in [7, 11) is 0. The first-order valence-corrected chi connectivity index (χ1v) is 17.5. The molecule has 0 aromatic rings. The molecule has 0 bridgehead atoms. The van der Waals surface area contributed by atoms with Gasteiger partial charge < -0.3 is 42.2 Å². The zero-order chi connectivity index (χ0) is 34.5. The van der Waals surface area contributed by atoms with Gasteiger partial charge in [-0.25, -0.2) is 14.8 Å². The predicted octanol–water partition coefficient (Wildman–Crippen LogP) is 1.91. The number of aliphatic imine (C=N–C) groups is 2. The lowest BCUT2D eigenvalue weighted by molar-refractivity contribution is -0.216. The summed E-state index contributed by atoms with van der Waals surface area (Å²) in [6.45, 7) is 8.05. The Labute approximate surface area is 279 Å². The van der Waals surface area contributed by atoms with Crippen LogP contribution in [0.4, 0.5) is 4.79 Å². The van der Waals surface area contributed by atoms with E-state index in [4.69, 9.17) is 16.2 Å². The fourth-order valence-electron chi connectivity index (χ4n) is 6.71. The molecule has 3 heterocycles. The minimum Gasteiger partial charge on any atom is -0.447 e. The van der Waals surface area contributed by atoms with Gasteiger partial charge >= 0.3 is 6.09 Å². The molecule has 15 nitrogen and oxygen atoms in total. The second-order valence-corrected chi connectivity index (χ2v) is 13.6. The number of guanidine groups is 2. The summed E-state index contributed by atoms with van der Waals surface area (Å²) in [5, 5.41) is 31.3. The van der Waals surface area contributed by atoms with Gasteiger partial charge in [0.2, 0.25) is 17.8 Å². The van der Waals surface area contributed by atoms with Crippen molar-refractivity contribution in [3.05, 3.63) is 0 Å². The van der Waals surface area contributed by atoms with E-state index in [1.54, 1.807) is 11.8 Å². The minimum atomic E-state index is -1.42. The quantitative estimate of drug-likeness (QED) is 0.0883. The van der Waals surface area contributed by atoms with Gasteiger partial charge in [-0.1, -0.05) is 52.4 Å².